The summed E-state index contributed by atoms with van der Waals surface area (Å²) < 4.78 is 27.2. The molecule has 0 N–H and O–H groups in total. The topological polar surface area (TPSA) is 158 Å². The molecule has 0 heterocycles. The molecule has 0 fully saturated rings. The van der Waals surface area contributed by atoms with Crippen LogP contribution in [-0.2, 0) is 33.3 Å². The van der Waals surface area contributed by atoms with Gasteiger partial charge in [0.15, 0.2) is 0 Å². The number of carbonyl (C=O) groups is 6. The highest BCUT2D eigenvalue weighted by molar-refractivity contribution is 6.07. The van der Waals surface area contributed by atoms with E-state index in [9.17, 15) is 28.8 Å². The molecule has 0 saturated heterocycles. The van der Waals surface area contributed by atoms with Crippen LogP contribution in [0.25, 0.3) is 65.3 Å². The van der Waals surface area contributed by atoms with Crippen LogP contribution in [0.4, 0.5) is 0 Å². The van der Waals surface area contributed by atoms with Gasteiger partial charge in [-0.05, 0) is 126 Å². The number of benzene rings is 13. The van der Waals surface area contributed by atoms with Crippen molar-refractivity contribution in [2.45, 2.75) is 20.8 Å². The first-order valence-electron chi connectivity index (χ1n) is 30.1. The standard InChI is InChI=1S/2C20H14.C13H10O2.3C8H8O2.2C3H6O2/c2*1-3-11-17-15(7-1)9-5-13-19(17)20-14-6-10-16-8-2-4-12-18(16)20;14-13(11-7-3-1-4-8-11)15-12-9-5-2-6-10-12;2*1-10-8(9)7-5-3-2-4-6-7;1-7(9)10-8-5-3-2-4-6-8;2*1-3(4)5-2/h2*1-14H;1-10H;3*2-6H,1H3;2*1-2H3. The molecule has 13 rings (SSSR count). The van der Waals surface area contributed by atoms with Gasteiger partial charge >= 0.3 is 35.8 Å². The van der Waals surface area contributed by atoms with E-state index in [1.165, 1.54) is 115 Å². The average molecular weight is 1260 g/mol. The first kappa shape index (κ1) is 71.8. The molecule has 0 saturated carbocycles. The van der Waals surface area contributed by atoms with E-state index in [0.717, 1.165) is 0 Å². The first-order valence-corrected chi connectivity index (χ1v) is 30.1. The van der Waals surface area contributed by atoms with Crippen LogP contribution in [0, 0.1) is 0 Å². The molecule has 0 amide bonds. The zero-order valence-corrected chi connectivity index (χ0v) is 54.0. The summed E-state index contributed by atoms with van der Waals surface area (Å²) in [5, 5.41) is 10.4. The van der Waals surface area contributed by atoms with Gasteiger partial charge in [0.2, 0.25) is 0 Å². The van der Waals surface area contributed by atoms with Crippen molar-refractivity contribution in [2.75, 3.05) is 28.4 Å². The Bertz CT molecular complexity index is 4110. The van der Waals surface area contributed by atoms with Crippen molar-refractivity contribution in [2.24, 2.45) is 0 Å². The highest BCUT2D eigenvalue weighted by Crippen LogP contribution is 2.35. The van der Waals surface area contributed by atoms with Crippen LogP contribution in [0.5, 0.6) is 11.5 Å². The average Bonchev–Trinajstić information content (AvgIpc) is 0.799. The predicted octanol–water partition coefficient (Wildman–Crippen LogP) is 19.1. The minimum absolute atomic E-state index is 0.245. The summed E-state index contributed by atoms with van der Waals surface area (Å²) in [6.45, 7) is 4.10. The van der Waals surface area contributed by atoms with Crippen LogP contribution in [0.2, 0.25) is 0 Å². The summed E-state index contributed by atoms with van der Waals surface area (Å²) in [7, 11) is 5.44. The summed E-state index contributed by atoms with van der Waals surface area (Å²) >= 11 is 0. The molecular weight excluding hydrogens is 1190 g/mol. The Kier molecular flexibility index (Phi) is 30.0. The first-order chi connectivity index (χ1) is 46.2. The van der Waals surface area contributed by atoms with Crippen molar-refractivity contribution < 1.29 is 57.2 Å². The molecule has 0 radical (unpaired) electrons. The molecule has 12 heteroatoms. The third-order valence-corrected chi connectivity index (χ3v) is 13.7. The van der Waals surface area contributed by atoms with Crippen LogP contribution in [-0.4, -0.2) is 64.3 Å². The lowest BCUT2D eigenvalue weighted by Gasteiger charge is -2.10. The predicted molar refractivity (Wildman–Crippen MR) is 380 cm³/mol. The summed E-state index contributed by atoms with van der Waals surface area (Å²) in [4.78, 5) is 62.7. The van der Waals surface area contributed by atoms with E-state index in [1.54, 1.807) is 84.9 Å². The van der Waals surface area contributed by atoms with E-state index in [0.29, 0.717) is 28.2 Å². The van der Waals surface area contributed by atoms with Crippen LogP contribution in [0.1, 0.15) is 51.8 Å². The molecular formula is C83H74O12. The van der Waals surface area contributed by atoms with Crippen molar-refractivity contribution in [3.8, 4) is 33.8 Å². The molecule has 0 aromatic heterocycles. The van der Waals surface area contributed by atoms with Gasteiger partial charge < -0.3 is 28.4 Å². The van der Waals surface area contributed by atoms with E-state index in [4.69, 9.17) is 9.47 Å². The fraction of sp³-hybridized carbons (Fsp3) is 0.0843. The molecule has 0 aliphatic rings. The van der Waals surface area contributed by atoms with Crippen molar-refractivity contribution in [3.05, 3.63) is 338 Å². The lowest BCUT2D eigenvalue weighted by atomic mass is 9.94. The molecule has 0 aliphatic carbocycles. The fourth-order valence-electron chi connectivity index (χ4n) is 9.11. The summed E-state index contributed by atoms with van der Waals surface area (Å²) in [5.74, 6) is -0.537. The number of rotatable bonds is 7. The van der Waals surface area contributed by atoms with Gasteiger partial charge in [-0.25, -0.2) is 14.4 Å². The smallest absolute Gasteiger partial charge is 0.343 e. The Morgan fingerprint density at radius 3 is 0.663 bits per heavy atom. The van der Waals surface area contributed by atoms with Gasteiger partial charge in [-0.1, -0.05) is 261 Å². The summed E-state index contributed by atoms with van der Waals surface area (Å²) in [5.41, 5.74) is 6.95. The fourth-order valence-corrected chi connectivity index (χ4v) is 9.11. The highest BCUT2D eigenvalue weighted by Gasteiger charge is 2.10. The zero-order chi connectivity index (χ0) is 68.0. The van der Waals surface area contributed by atoms with Gasteiger partial charge in [-0.15, -0.1) is 0 Å². The van der Waals surface area contributed by atoms with Gasteiger partial charge in [0.25, 0.3) is 0 Å². The molecule has 0 aliphatic heterocycles. The maximum Gasteiger partial charge on any atom is 0.343 e. The third kappa shape index (κ3) is 23.8. The number of para-hydroxylation sites is 2. The normalized spacial score (nSPS) is 9.67. The van der Waals surface area contributed by atoms with Crippen molar-refractivity contribution in [1.82, 2.24) is 0 Å². The Balaban J connectivity index is 0.000000179. The van der Waals surface area contributed by atoms with Gasteiger partial charge in [0, 0.05) is 20.8 Å². The largest absolute Gasteiger partial charge is 0.469 e. The summed E-state index contributed by atoms with van der Waals surface area (Å²) in [6, 6.07) is 105. The van der Waals surface area contributed by atoms with Gasteiger partial charge in [0.1, 0.15) is 11.5 Å². The molecule has 0 spiro atoms. The molecule has 13 aromatic rings. The summed E-state index contributed by atoms with van der Waals surface area (Å²) in [6.07, 6.45) is 0. The van der Waals surface area contributed by atoms with E-state index >= 15 is 0 Å². The third-order valence-electron chi connectivity index (χ3n) is 13.7. The Morgan fingerprint density at radius 1 is 0.211 bits per heavy atom. The number of hydrogen-bond acceptors (Lipinski definition) is 12. The number of esters is 6. The van der Waals surface area contributed by atoms with Crippen LogP contribution in [0.15, 0.2) is 322 Å². The Morgan fingerprint density at radius 2 is 0.421 bits per heavy atom. The lowest BCUT2D eigenvalue weighted by molar-refractivity contribution is -0.138. The number of methoxy groups -OCH3 is 4. The van der Waals surface area contributed by atoms with Crippen LogP contribution >= 0.6 is 0 Å². The maximum atomic E-state index is 11.6. The van der Waals surface area contributed by atoms with E-state index in [2.05, 4.69) is 189 Å². The molecule has 0 unspecified atom stereocenters. The maximum absolute atomic E-state index is 11.6. The molecule has 0 bridgehead atoms. The van der Waals surface area contributed by atoms with Crippen LogP contribution < -0.4 is 9.47 Å². The van der Waals surface area contributed by atoms with E-state index < -0.39 is 0 Å². The molecule has 95 heavy (non-hydrogen) atoms. The minimum Gasteiger partial charge on any atom is -0.469 e. The minimum atomic E-state index is -0.332. The van der Waals surface area contributed by atoms with Crippen LogP contribution in [0.3, 0.4) is 0 Å². The van der Waals surface area contributed by atoms with Gasteiger partial charge in [0.05, 0.1) is 45.1 Å². The van der Waals surface area contributed by atoms with Crippen molar-refractivity contribution in [1.29, 1.82) is 0 Å². The van der Waals surface area contributed by atoms with Crippen molar-refractivity contribution in [3.63, 3.8) is 0 Å². The molecule has 478 valence electrons. The number of hydrogen-bond donors (Lipinski definition) is 0. The van der Waals surface area contributed by atoms with Gasteiger partial charge in [-0.3, -0.25) is 14.4 Å². The molecule has 13 aromatic carbocycles. The van der Waals surface area contributed by atoms with Crippen molar-refractivity contribution >= 4 is 78.9 Å². The van der Waals surface area contributed by atoms with Gasteiger partial charge in [-0.2, -0.15) is 0 Å². The zero-order valence-electron chi connectivity index (χ0n) is 54.0. The Labute approximate surface area is 554 Å². The number of fused-ring (bicyclic) bond motifs is 4. The second-order valence-electron chi connectivity index (χ2n) is 20.2. The Hall–Kier alpha value is -12.3. The second kappa shape index (κ2) is 39.8. The molecule has 0 atom stereocenters. The highest BCUT2D eigenvalue weighted by atomic mass is 16.5. The monoisotopic (exact) mass is 1260 g/mol. The second-order valence-corrected chi connectivity index (χ2v) is 20.2. The SMILES string of the molecule is CC(=O)Oc1ccccc1.COC(=O)c1ccccc1.COC(=O)c1ccccc1.COC(C)=O.COC(C)=O.O=C(Oc1ccccc1)c1ccccc1.c1ccc2c(-c3cccc4ccccc34)cccc2c1.c1ccc2c(-c3cccc4ccccc34)cccc2c1. The number of carbonyl (C=O) groups excluding carboxylic acids is 6. The lowest BCUT2D eigenvalue weighted by Crippen LogP contribution is -2.07. The molecule has 12 nitrogen and oxygen atoms in total. The number of ether oxygens (including phenoxy) is 6. The quantitative estimate of drug-likeness (QED) is 0.0846. The van der Waals surface area contributed by atoms with E-state index in [1.807, 2.05) is 66.7 Å². The van der Waals surface area contributed by atoms with E-state index in [-0.39, 0.29) is 35.8 Å².